The van der Waals surface area contributed by atoms with Gasteiger partial charge in [-0.25, -0.2) is 4.39 Å². The van der Waals surface area contributed by atoms with Crippen LogP contribution in [-0.2, 0) is 11.2 Å². The van der Waals surface area contributed by atoms with Gasteiger partial charge in [0.2, 0.25) is 0 Å². The molecule has 0 radical (unpaired) electrons. The van der Waals surface area contributed by atoms with Crippen molar-refractivity contribution in [2.24, 2.45) is 0 Å². The van der Waals surface area contributed by atoms with Gasteiger partial charge in [0.1, 0.15) is 30.2 Å². The zero-order valence-corrected chi connectivity index (χ0v) is 19.1. The lowest BCUT2D eigenvalue weighted by atomic mass is 9.98. The van der Waals surface area contributed by atoms with Gasteiger partial charge in [-0.2, -0.15) is 0 Å². The van der Waals surface area contributed by atoms with E-state index in [4.69, 9.17) is 4.74 Å². The number of aromatic nitrogens is 1. The third-order valence-corrected chi connectivity index (χ3v) is 6.74. The zero-order valence-electron chi connectivity index (χ0n) is 18.3. The van der Waals surface area contributed by atoms with Gasteiger partial charge in [-0.15, -0.1) is 0 Å². The molecule has 1 saturated heterocycles. The van der Waals surface area contributed by atoms with Crippen molar-refractivity contribution < 1.29 is 34.7 Å². The van der Waals surface area contributed by atoms with Gasteiger partial charge in [0.25, 0.3) is 0 Å². The van der Waals surface area contributed by atoms with Crippen LogP contribution in [0.1, 0.15) is 25.6 Å². The van der Waals surface area contributed by atoms with Crippen LogP contribution in [0.5, 0.6) is 0 Å². The van der Waals surface area contributed by atoms with Crippen LogP contribution < -0.4 is 0 Å². The van der Waals surface area contributed by atoms with Crippen molar-refractivity contribution in [1.82, 2.24) is 4.57 Å². The maximum absolute atomic E-state index is 14.9. The largest absolute Gasteiger partial charge is 0.394 e. The Bertz CT molecular complexity index is 1110. The van der Waals surface area contributed by atoms with Crippen molar-refractivity contribution in [2.45, 2.75) is 66.3 Å². The summed E-state index contributed by atoms with van der Waals surface area (Å²) in [5, 5.41) is 50.7. The van der Waals surface area contributed by atoms with Crippen molar-refractivity contribution in [1.29, 1.82) is 0 Å². The number of benzene rings is 2. The number of nitrogens with zero attached hydrogens (tertiary/aromatic N) is 1. The van der Waals surface area contributed by atoms with E-state index in [1.54, 1.807) is 26.1 Å². The highest BCUT2D eigenvalue weighted by molar-refractivity contribution is 7.99. The fraction of sp³-hybridized carbons (Fsp3) is 0.417. The van der Waals surface area contributed by atoms with E-state index in [-0.39, 0.29) is 0 Å². The SMILES string of the molecule is CC(C)(O)Cc1ccc(Sc2cn([C@@H]3O[C@H](CO)[C@@H](O)[C@H](O)[C@H]3O)c3cccc(F)c23)cc1. The van der Waals surface area contributed by atoms with Crippen LogP contribution in [0.2, 0.25) is 0 Å². The molecule has 1 aliphatic heterocycles. The minimum atomic E-state index is -1.54. The summed E-state index contributed by atoms with van der Waals surface area (Å²) in [4.78, 5) is 1.43. The zero-order chi connectivity index (χ0) is 23.9. The molecule has 3 aromatic rings. The van der Waals surface area contributed by atoms with Gasteiger partial charge in [-0.1, -0.05) is 30.0 Å². The Kier molecular flexibility index (Phi) is 6.84. The Morgan fingerprint density at radius 1 is 1.03 bits per heavy atom. The first-order valence-corrected chi connectivity index (χ1v) is 11.5. The lowest BCUT2D eigenvalue weighted by Gasteiger charge is -2.40. The Balaban J connectivity index is 1.69. The highest BCUT2D eigenvalue weighted by atomic mass is 32.2. The van der Waals surface area contributed by atoms with E-state index in [0.29, 0.717) is 22.2 Å². The van der Waals surface area contributed by atoms with Gasteiger partial charge < -0.3 is 34.8 Å². The summed E-state index contributed by atoms with van der Waals surface area (Å²) in [6.45, 7) is 2.94. The van der Waals surface area contributed by atoms with Crippen molar-refractivity contribution in [3.63, 3.8) is 0 Å². The fourth-order valence-electron chi connectivity index (χ4n) is 4.13. The van der Waals surface area contributed by atoms with Gasteiger partial charge in [0.15, 0.2) is 6.23 Å². The van der Waals surface area contributed by atoms with E-state index in [0.717, 1.165) is 10.5 Å². The molecule has 1 aliphatic rings. The second kappa shape index (κ2) is 9.34. The highest BCUT2D eigenvalue weighted by Gasteiger charge is 2.44. The number of hydrogen-bond donors (Lipinski definition) is 5. The lowest BCUT2D eigenvalue weighted by molar-refractivity contribution is -0.250. The van der Waals surface area contributed by atoms with Crippen LogP contribution in [0, 0.1) is 5.82 Å². The molecule has 2 heterocycles. The smallest absolute Gasteiger partial charge is 0.163 e. The molecule has 9 heteroatoms. The average Bonchev–Trinajstić information content (AvgIpc) is 3.12. The molecule has 1 aromatic heterocycles. The average molecular weight is 478 g/mol. The Hall–Kier alpha value is -1.98. The molecule has 0 amide bonds. The van der Waals surface area contributed by atoms with E-state index in [1.165, 1.54) is 28.5 Å². The summed E-state index contributed by atoms with van der Waals surface area (Å²) < 4.78 is 22.1. The Morgan fingerprint density at radius 3 is 2.36 bits per heavy atom. The normalized spacial score (nSPS) is 26.1. The van der Waals surface area contributed by atoms with Crippen LogP contribution in [0.3, 0.4) is 0 Å². The second-order valence-corrected chi connectivity index (χ2v) is 10.1. The van der Waals surface area contributed by atoms with Gasteiger partial charge in [-0.3, -0.25) is 0 Å². The van der Waals surface area contributed by atoms with Crippen LogP contribution in [0.4, 0.5) is 4.39 Å². The first-order valence-electron chi connectivity index (χ1n) is 10.7. The lowest BCUT2D eigenvalue weighted by Crippen LogP contribution is -2.56. The number of aliphatic hydroxyl groups is 5. The van der Waals surface area contributed by atoms with Gasteiger partial charge in [-0.05, 0) is 43.7 Å². The van der Waals surface area contributed by atoms with Crippen LogP contribution in [0.25, 0.3) is 10.9 Å². The first-order chi connectivity index (χ1) is 15.6. The molecular formula is C24H28FNO6S. The summed E-state index contributed by atoms with van der Waals surface area (Å²) in [5.74, 6) is -0.447. The van der Waals surface area contributed by atoms with Crippen LogP contribution in [-0.4, -0.2) is 66.7 Å². The number of rotatable bonds is 6. The maximum Gasteiger partial charge on any atom is 0.163 e. The molecule has 178 valence electrons. The molecule has 0 unspecified atom stereocenters. The number of aliphatic hydroxyl groups excluding tert-OH is 4. The van der Waals surface area contributed by atoms with E-state index >= 15 is 0 Å². The molecule has 0 bridgehead atoms. The first kappa shape index (κ1) is 24.2. The van der Waals surface area contributed by atoms with Gasteiger partial charge >= 0.3 is 0 Å². The Labute approximate surface area is 195 Å². The number of hydrogen-bond acceptors (Lipinski definition) is 7. The molecule has 33 heavy (non-hydrogen) atoms. The molecule has 5 N–H and O–H groups in total. The van der Waals surface area contributed by atoms with E-state index in [2.05, 4.69) is 0 Å². The molecule has 0 aliphatic carbocycles. The minimum absolute atomic E-state index is 0.333. The summed E-state index contributed by atoms with van der Waals surface area (Å²) in [7, 11) is 0. The van der Waals surface area contributed by atoms with E-state index in [9.17, 15) is 29.9 Å². The standard InChI is InChI=1S/C24H28FNO6S/c1-24(2,31)10-13-6-8-14(9-7-13)33-18-11-26(16-5-3-4-15(25)19(16)18)23-22(30)21(29)20(28)17(12-27)32-23/h3-9,11,17,20-23,27-31H,10,12H2,1-2H3/t17-,20-,21+,22-,23-/m1/s1. The van der Waals surface area contributed by atoms with Gasteiger partial charge in [0, 0.05) is 27.8 Å². The van der Waals surface area contributed by atoms with Crippen molar-refractivity contribution in [3.05, 3.63) is 60.0 Å². The highest BCUT2D eigenvalue weighted by Crippen LogP contribution is 2.40. The Morgan fingerprint density at radius 2 is 1.73 bits per heavy atom. The number of ether oxygens (including phenoxy) is 1. The van der Waals surface area contributed by atoms with Crippen molar-refractivity contribution in [3.8, 4) is 0 Å². The predicted molar refractivity (Wildman–Crippen MR) is 121 cm³/mol. The van der Waals surface area contributed by atoms with Gasteiger partial charge in [0.05, 0.1) is 17.7 Å². The molecule has 0 saturated carbocycles. The van der Waals surface area contributed by atoms with Crippen LogP contribution in [0.15, 0.2) is 58.5 Å². The second-order valence-electron chi connectivity index (χ2n) is 8.99. The molecule has 5 atom stereocenters. The summed E-state index contributed by atoms with van der Waals surface area (Å²) >= 11 is 1.33. The minimum Gasteiger partial charge on any atom is -0.394 e. The fourth-order valence-corrected chi connectivity index (χ4v) is 5.13. The molecule has 2 aromatic carbocycles. The van der Waals surface area contributed by atoms with E-state index < -0.39 is 48.7 Å². The quantitative estimate of drug-likeness (QED) is 0.370. The van der Waals surface area contributed by atoms with Crippen molar-refractivity contribution >= 4 is 22.7 Å². The molecule has 1 fully saturated rings. The van der Waals surface area contributed by atoms with Crippen LogP contribution >= 0.6 is 11.8 Å². The summed E-state index contributed by atoms with van der Waals surface area (Å²) in [6.07, 6.45) is -4.56. The third kappa shape index (κ3) is 4.95. The number of fused-ring (bicyclic) bond motifs is 1. The molecular weight excluding hydrogens is 449 g/mol. The van der Waals surface area contributed by atoms with Crippen molar-refractivity contribution in [2.75, 3.05) is 6.61 Å². The molecule has 0 spiro atoms. The summed E-state index contributed by atoms with van der Waals surface area (Å²) in [6, 6.07) is 12.2. The third-order valence-electron chi connectivity index (χ3n) is 5.70. The molecule has 4 rings (SSSR count). The maximum atomic E-state index is 14.9. The predicted octanol–water partition coefficient (Wildman–Crippen LogP) is 2.22. The summed E-state index contributed by atoms with van der Waals surface area (Å²) in [5.41, 5.74) is 0.596. The molecule has 7 nitrogen and oxygen atoms in total. The topological polar surface area (TPSA) is 115 Å². The monoisotopic (exact) mass is 477 g/mol. The number of halogens is 1. The van der Waals surface area contributed by atoms with E-state index in [1.807, 2.05) is 24.3 Å².